The monoisotopic (exact) mass is 490 g/mol. The standard InChI is InChI=1S/C10H8N2O14S2.2Na/c13-5-1-3(27(19,20)21)7(15)11(5)25-9(17)10(18)26-12-6(14)2-4(8(12)16)28(22,23)24;;/h3-4H,1-2H2,(H,19,20,21)(H,22,23,24);;. The van der Waals surface area contributed by atoms with Crippen LogP contribution in [0.5, 0.6) is 0 Å². The third-order valence-electron chi connectivity index (χ3n) is 3.36. The van der Waals surface area contributed by atoms with Crippen molar-refractivity contribution in [2.45, 2.75) is 23.3 Å². The summed E-state index contributed by atoms with van der Waals surface area (Å²) in [6.45, 7) is 0. The molecule has 16 nitrogen and oxygen atoms in total. The van der Waals surface area contributed by atoms with Crippen LogP contribution in [0.15, 0.2) is 0 Å². The molecule has 2 radical (unpaired) electrons. The number of imide groups is 2. The van der Waals surface area contributed by atoms with E-state index < -0.39 is 89.3 Å². The molecule has 2 unspecified atom stereocenters. The van der Waals surface area contributed by atoms with E-state index in [2.05, 4.69) is 9.68 Å². The zero-order valence-electron chi connectivity index (χ0n) is 15.1. The number of nitrogens with zero attached hydrogens (tertiary/aromatic N) is 2. The number of carbonyl (C=O) groups is 6. The van der Waals surface area contributed by atoms with E-state index in [0.717, 1.165) is 0 Å². The Morgan fingerprint density at radius 1 is 0.733 bits per heavy atom. The molecular weight excluding hydrogens is 482 g/mol. The first-order chi connectivity index (χ1) is 12.6. The Kier molecular flexibility index (Phi) is 9.78. The van der Waals surface area contributed by atoms with Crippen molar-refractivity contribution >= 4 is 115 Å². The van der Waals surface area contributed by atoms with Crippen molar-refractivity contribution in [2.75, 3.05) is 0 Å². The molecule has 0 spiro atoms. The summed E-state index contributed by atoms with van der Waals surface area (Å²) in [4.78, 5) is 77.4. The number of rotatable bonds is 4. The molecule has 0 aromatic carbocycles. The summed E-state index contributed by atoms with van der Waals surface area (Å²) in [6, 6.07) is 0. The quantitative estimate of drug-likeness (QED) is 0.163. The summed E-state index contributed by atoms with van der Waals surface area (Å²) in [7, 11) is -10.0. The van der Waals surface area contributed by atoms with Crippen LogP contribution in [0.4, 0.5) is 0 Å². The number of hydrogen-bond donors (Lipinski definition) is 2. The maximum absolute atomic E-state index is 11.6. The van der Waals surface area contributed by atoms with Gasteiger partial charge in [-0.1, -0.05) is 0 Å². The van der Waals surface area contributed by atoms with Gasteiger partial charge in [-0.25, -0.2) is 9.59 Å². The SMILES string of the molecule is O=C(ON1C(=O)CC(S(=O)(=O)O)C1=O)C(=O)ON1C(=O)CC(S(=O)(=O)O)C1=O.[Na].[Na]. The van der Waals surface area contributed by atoms with Gasteiger partial charge >= 0.3 is 11.9 Å². The minimum absolute atomic E-state index is 0. The van der Waals surface area contributed by atoms with Crippen molar-refractivity contribution < 1.29 is 64.4 Å². The smallest absolute Gasteiger partial charge is 0.319 e. The topological polar surface area (TPSA) is 236 Å². The fourth-order valence-electron chi connectivity index (χ4n) is 2.06. The van der Waals surface area contributed by atoms with E-state index in [1.807, 2.05) is 0 Å². The van der Waals surface area contributed by atoms with Crippen molar-refractivity contribution in [3.63, 3.8) is 0 Å². The molecule has 2 aliphatic heterocycles. The molecule has 2 N–H and O–H groups in total. The molecule has 20 heteroatoms. The van der Waals surface area contributed by atoms with Crippen LogP contribution >= 0.6 is 0 Å². The summed E-state index contributed by atoms with van der Waals surface area (Å²) in [5, 5.41) is -5.45. The molecule has 4 amide bonds. The van der Waals surface area contributed by atoms with Crippen molar-refractivity contribution in [1.82, 2.24) is 10.1 Å². The molecule has 0 aromatic rings. The van der Waals surface area contributed by atoms with E-state index >= 15 is 0 Å². The van der Waals surface area contributed by atoms with Crippen LogP contribution in [0.1, 0.15) is 12.8 Å². The van der Waals surface area contributed by atoms with Crippen LogP contribution < -0.4 is 0 Å². The molecule has 0 aromatic heterocycles. The van der Waals surface area contributed by atoms with Gasteiger partial charge in [-0.05, 0) is 0 Å². The van der Waals surface area contributed by atoms with Crippen LogP contribution in [0.25, 0.3) is 0 Å². The van der Waals surface area contributed by atoms with Crippen LogP contribution in [0.2, 0.25) is 0 Å². The molecular formula is C10H8N2Na2O14S2. The van der Waals surface area contributed by atoms with E-state index in [4.69, 9.17) is 9.11 Å². The van der Waals surface area contributed by atoms with Gasteiger partial charge in [0.15, 0.2) is 10.5 Å². The summed E-state index contributed by atoms with van der Waals surface area (Å²) < 4.78 is 61.4. The van der Waals surface area contributed by atoms with Crippen molar-refractivity contribution in [3.8, 4) is 0 Å². The summed E-state index contributed by atoms with van der Waals surface area (Å²) in [5.41, 5.74) is 0. The van der Waals surface area contributed by atoms with Crippen LogP contribution in [0.3, 0.4) is 0 Å². The maximum atomic E-state index is 11.6. The fraction of sp³-hybridized carbons (Fsp3) is 0.400. The Hall–Kier alpha value is -0.960. The second-order valence-electron chi connectivity index (χ2n) is 5.23. The Labute approximate surface area is 211 Å². The van der Waals surface area contributed by atoms with E-state index in [9.17, 15) is 45.6 Å². The van der Waals surface area contributed by atoms with E-state index in [-0.39, 0.29) is 59.1 Å². The normalized spacial score (nSPS) is 21.8. The number of hydrogen-bond acceptors (Lipinski definition) is 12. The first-order valence-corrected chi connectivity index (χ1v) is 9.75. The average Bonchev–Trinajstić information content (AvgIpc) is 2.98. The van der Waals surface area contributed by atoms with E-state index in [0.29, 0.717) is 0 Å². The first-order valence-electron chi connectivity index (χ1n) is 6.75. The Morgan fingerprint density at radius 2 is 1.00 bits per heavy atom. The Balaban J connectivity index is 0.00000420. The Bertz CT molecular complexity index is 939. The second kappa shape index (κ2) is 10.1. The Morgan fingerprint density at radius 3 is 1.20 bits per heavy atom. The molecule has 0 bridgehead atoms. The second-order valence-corrected chi connectivity index (χ2v) is 8.42. The molecule has 2 aliphatic rings. The van der Waals surface area contributed by atoms with Crippen LogP contribution in [-0.2, 0) is 58.7 Å². The predicted octanol–water partition coefficient (Wildman–Crippen LogP) is -4.83. The maximum Gasteiger partial charge on any atom is 0.444 e. The predicted molar refractivity (Wildman–Crippen MR) is 87.3 cm³/mol. The molecule has 156 valence electrons. The van der Waals surface area contributed by atoms with Gasteiger partial charge < -0.3 is 9.68 Å². The fourth-order valence-corrected chi connectivity index (χ4v) is 3.47. The largest absolute Gasteiger partial charge is 0.444 e. The van der Waals surface area contributed by atoms with Crippen molar-refractivity contribution in [1.29, 1.82) is 0 Å². The third kappa shape index (κ3) is 6.05. The van der Waals surface area contributed by atoms with Gasteiger partial charge in [0.25, 0.3) is 43.9 Å². The molecule has 2 rings (SSSR count). The number of carbonyl (C=O) groups excluding carboxylic acids is 6. The summed E-state index contributed by atoms with van der Waals surface area (Å²) >= 11 is 0. The number of hydroxylamine groups is 4. The summed E-state index contributed by atoms with van der Waals surface area (Å²) in [5.74, 6) is -10.6. The van der Waals surface area contributed by atoms with Gasteiger partial charge in [0.2, 0.25) is 0 Å². The summed E-state index contributed by atoms with van der Waals surface area (Å²) in [6.07, 6.45) is -2.20. The third-order valence-corrected chi connectivity index (χ3v) is 5.53. The molecule has 2 atom stereocenters. The van der Waals surface area contributed by atoms with E-state index in [1.165, 1.54) is 0 Å². The molecule has 2 heterocycles. The zero-order valence-corrected chi connectivity index (χ0v) is 20.7. The molecule has 0 aliphatic carbocycles. The van der Waals surface area contributed by atoms with Gasteiger partial charge in [-0.3, -0.25) is 28.3 Å². The molecule has 2 saturated heterocycles. The van der Waals surface area contributed by atoms with Crippen LogP contribution in [0, 0.1) is 0 Å². The first kappa shape index (κ1) is 29.0. The number of amides is 4. The molecule has 0 saturated carbocycles. The van der Waals surface area contributed by atoms with Gasteiger partial charge in [-0.2, -0.15) is 16.8 Å². The van der Waals surface area contributed by atoms with Gasteiger partial charge in [-0.15, -0.1) is 10.1 Å². The van der Waals surface area contributed by atoms with Crippen LogP contribution in [-0.4, -0.2) is 141 Å². The van der Waals surface area contributed by atoms with Gasteiger partial charge in [0, 0.05) is 59.1 Å². The van der Waals surface area contributed by atoms with E-state index in [1.54, 1.807) is 0 Å². The molecule has 30 heavy (non-hydrogen) atoms. The minimum atomic E-state index is -5.02. The average molecular weight is 490 g/mol. The molecule has 2 fully saturated rings. The van der Waals surface area contributed by atoms with Gasteiger partial charge in [0.05, 0.1) is 12.8 Å². The minimum Gasteiger partial charge on any atom is -0.319 e. The van der Waals surface area contributed by atoms with Crippen molar-refractivity contribution in [3.05, 3.63) is 0 Å². The van der Waals surface area contributed by atoms with Crippen molar-refractivity contribution in [2.24, 2.45) is 0 Å². The van der Waals surface area contributed by atoms with Gasteiger partial charge in [0.1, 0.15) is 0 Å². The zero-order chi connectivity index (χ0) is 21.6.